The van der Waals surface area contributed by atoms with Gasteiger partial charge < -0.3 is 10.5 Å². The summed E-state index contributed by atoms with van der Waals surface area (Å²) in [6, 6.07) is 12.6. The van der Waals surface area contributed by atoms with Crippen LogP contribution in [0.5, 0.6) is 5.75 Å². The minimum absolute atomic E-state index is 0.119. The van der Waals surface area contributed by atoms with Gasteiger partial charge in [-0.05, 0) is 47.4 Å². The number of hydrogen-bond acceptors (Lipinski definition) is 6. The van der Waals surface area contributed by atoms with E-state index in [0.717, 1.165) is 11.1 Å². The first-order chi connectivity index (χ1) is 14.8. The number of carbonyl (C=O) groups excluding carboxylic acids is 1. The number of hydrogen-bond donors (Lipinski definition) is 1. The first-order valence-corrected chi connectivity index (χ1v) is 9.74. The van der Waals surface area contributed by atoms with Crippen molar-refractivity contribution >= 4 is 11.9 Å². The number of aromatic nitrogens is 2. The predicted molar refractivity (Wildman–Crippen MR) is 115 cm³/mol. The van der Waals surface area contributed by atoms with Crippen molar-refractivity contribution in [1.82, 2.24) is 14.9 Å². The van der Waals surface area contributed by atoms with Crippen LogP contribution in [-0.2, 0) is 10.3 Å². The van der Waals surface area contributed by atoms with Crippen LogP contribution in [0.2, 0.25) is 0 Å². The zero-order chi connectivity index (χ0) is 22.2. The molecule has 0 aliphatic carbocycles. The van der Waals surface area contributed by atoms with Gasteiger partial charge in [-0.2, -0.15) is 0 Å². The monoisotopic (exact) mass is 419 g/mol. The third kappa shape index (κ3) is 3.50. The Morgan fingerprint density at radius 2 is 1.81 bits per heavy atom. The molecule has 0 fully saturated rings. The van der Waals surface area contributed by atoms with E-state index in [2.05, 4.69) is 15.0 Å². The van der Waals surface area contributed by atoms with Crippen LogP contribution in [0.1, 0.15) is 23.6 Å². The Morgan fingerprint density at radius 1 is 1.10 bits per heavy atom. The highest BCUT2D eigenvalue weighted by molar-refractivity contribution is 6.09. The second kappa shape index (κ2) is 7.79. The second-order valence-corrected chi connectivity index (χ2v) is 7.39. The third-order valence-electron chi connectivity index (χ3n) is 5.30. The van der Waals surface area contributed by atoms with E-state index >= 15 is 0 Å². The van der Waals surface area contributed by atoms with Crippen LogP contribution in [0.25, 0.3) is 11.1 Å². The van der Waals surface area contributed by atoms with Gasteiger partial charge in [0.1, 0.15) is 12.1 Å². The number of guanidine groups is 1. The number of ether oxygens (including phenoxy) is 1. The van der Waals surface area contributed by atoms with Crippen molar-refractivity contribution in [3.05, 3.63) is 77.9 Å². The van der Waals surface area contributed by atoms with Crippen molar-refractivity contribution in [2.24, 2.45) is 10.7 Å². The molecule has 31 heavy (non-hydrogen) atoms. The Balaban J connectivity index is 1.90. The molecule has 0 saturated carbocycles. The number of nitrogens with zero attached hydrogens (tertiary/aromatic N) is 4. The van der Waals surface area contributed by atoms with E-state index in [0.29, 0.717) is 22.4 Å². The average Bonchev–Trinajstić information content (AvgIpc) is 3.00. The fourth-order valence-electron chi connectivity index (χ4n) is 3.74. The molecule has 1 aromatic heterocycles. The molecule has 158 valence electrons. The van der Waals surface area contributed by atoms with Crippen molar-refractivity contribution in [2.75, 3.05) is 7.05 Å². The molecule has 4 rings (SSSR count). The highest BCUT2D eigenvalue weighted by Crippen LogP contribution is 2.41. The van der Waals surface area contributed by atoms with Gasteiger partial charge in [0, 0.05) is 31.9 Å². The van der Waals surface area contributed by atoms with Gasteiger partial charge in [-0.3, -0.25) is 9.69 Å². The molecule has 1 amide bonds. The lowest BCUT2D eigenvalue weighted by Gasteiger charge is -2.27. The summed E-state index contributed by atoms with van der Waals surface area (Å²) in [4.78, 5) is 27.6. The molecule has 2 heterocycles. The molecule has 0 radical (unpaired) electrons. The maximum atomic E-state index is 13.5. The van der Waals surface area contributed by atoms with Crippen molar-refractivity contribution < 1.29 is 13.9 Å². The van der Waals surface area contributed by atoms with E-state index in [9.17, 15) is 9.18 Å². The van der Waals surface area contributed by atoms with Gasteiger partial charge in [-0.15, -0.1) is 0 Å². The predicted octanol–water partition coefficient (Wildman–Crippen LogP) is 3.18. The molecule has 8 heteroatoms. The van der Waals surface area contributed by atoms with Crippen LogP contribution in [0.15, 0.2) is 66.2 Å². The summed E-state index contributed by atoms with van der Waals surface area (Å²) in [6.45, 7) is 3.11. The molecule has 3 aromatic rings. The maximum Gasteiger partial charge on any atom is 0.266 e. The molecule has 0 saturated heterocycles. The highest BCUT2D eigenvalue weighted by Gasteiger charge is 2.49. The van der Waals surface area contributed by atoms with E-state index in [4.69, 9.17) is 10.5 Å². The Morgan fingerprint density at radius 3 is 2.42 bits per heavy atom. The van der Waals surface area contributed by atoms with Crippen LogP contribution in [-0.4, -0.2) is 40.1 Å². The first kappa shape index (κ1) is 20.5. The minimum Gasteiger partial charge on any atom is -0.460 e. The lowest BCUT2D eigenvalue weighted by Crippen LogP contribution is -2.41. The SMILES string of the molecule is Cc1cc(C2(c3cccc(-c4cncnc4)c3)N=C(N)N(C)C2=O)ccc1OC(C)F. The topological polar surface area (TPSA) is 93.7 Å². The van der Waals surface area contributed by atoms with Crippen LogP contribution in [0.3, 0.4) is 0 Å². The summed E-state index contributed by atoms with van der Waals surface area (Å²) in [5, 5.41) is 0. The molecule has 0 spiro atoms. The number of aliphatic imine (C=N–C) groups is 1. The number of alkyl halides is 1. The van der Waals surface area contributed by atoms with Gasteiger partial charge in [0.15, 0.2) is 11.5 Å². The van der Waals surface area contributed by atoms with E-state index in [1.165, 1.54) is 18.2 Å². The standard InChI is InChI=1S/C23H22FN5O2/c1-14-9-19(7-8-20(14)31-15(2)24)23(21(30)29(3)22(25)28-23)18-6-4-5-16(10-18)17-11-26-13-27-12-17/h4-13,15H,1-3H3,(H2,25,28). The quantitative estimate of drug-likeness (QED) is 0.686. The summed E-state index contributed by atoms with van der Waals surface area (Å²) in [5.74, 6) is 0.243. The number of rotatable bonds is 5. The first-order valence-electron chi connectivity index (χ1n) is 9.74. The smallest absolute Gasteiger partial charge is 0.266 e. The second-order valence-electron chi connectivity index (χ2n) is 7.39. The summed E-state index contributed by atoms with van der Waals surface area (Å²) >= 11 is 0. The van der Waals surface area contributed by atoms with Crippen LogP contribution in [0.4, 0.5) is 4.39 Å². The molecule has 2 N–H and O–H groups in total. The normalized spacial score (nSPS) is 19.3. The zero-order valence-electron chi connectivity index (χ0n) is 17.4. The number of benzene rings is 2. The number of halogens is 1. The molecular formula is C23H22FN5O2. The highest BCUT2D eigenvalue weighted by atomic mass is 19.1. The number of amides is 1. The van der Waals surface area contributed by atoms with Crippen molar-refractivity contribution in [1.29, 1.82) is 0 Å². The molecular weight excluding hydrogens is 397 g/mol. The average molecular weight is 419 g/mol. The molecule has 1 aliphatic heterocycles. The van der Waals surface area contributed by atoms with Crippen molar-refractivity contribution in [3.8, 4) is 16.9 Å². The Hall–Kier alpha value is -3.81. The lowest BCUT2D eigenvalue weighted by atomic mass is 9.81. The van der Waals surface area contributed by atoms with Gasteiger partial charge in [0.2, 0.25) is 6.36 Å². The summed E-state index contributed by atoms with van der Waals surface area (Å²) in [6.07, 6.45) is 3.41. The van der Waals surface area contributed by atoms with Gasteiger partial charge in [-0.25, -0.2) is 19.4 Å². The van der Waals surface area contributed by atoms with Crippen LogP contribution < -0.4 is 10.5 Å². The fraction of sp³-hybridized carbons (Fsp3) is 0.217. The molecule has 1 aliphatic rings. The number of likely N-dealkylation sites (N-methyl/N-ethyl adjacent to an activating group) is 1. The fourth-order valence-corrected chi connectivity index (χ4v) is 3.74. The largest absolute Gasteiger partial charge is 0.460 e. The van der Waals surface area contributed by atoms with Gasteiger partial charge in [0.25, 0.3) is 5.91 Å². The Labute approximate surface area is 179 Å². The van der Waals surface area contributed by atoms with E-state index in [1.807, 2.05) is 24.3 Å². The third-order valence-corrected chi connectivity index (χ3v) is 5.30. The van der Waals surface area contributed by atoms with Crippen molar-refractivity contribution in [2.45, 2.75) is 25.7 Å². The molecule has 7 nitrogen and oxygen atoms in total. The lowest BCUT2D eigenvalue weighted by molar-refractivity contribution is -0.129. The summed E-state index contributed by atoms with van der Waals surface area (Å²) in [5.41, 5.74) is 8.30. The van der Waals surface area contributed by atoms with Crippen LogP contribution >= 0.6 is 0 Å². The molecule has 2 unspecified atom stereocenters. The minimum atomic E-state index is -1.45. The number of aryl methyl sites for hydroxylation is 1. The van der Waals surface area contributed by atoms with Gasteiger partial charge >= 0.3 is 0 Å². The van der Waals surface area contributed by atoms with Crippen molar-refractivity contribution in [3.63, 3.8) is 0 Å². The molecule has 0 bridgehead atoms. The zero-order valence-corrected chi connectivity index (χ0v) is 17.4. The number of nitrogens with two attached hydrogens (primary N) is 1. The van der Waals surface area contributed by atoms with E-state index in [-0.39, 0.29) is 11.9 Å². The Kier molecular flexibility index (Phi) is 5.14. The van der Waals surface area contributed by atoms with E-state index in [1.54, 1.807) is 44.6 Å². The summed E-state index contributed by atoms with van der Waals surface area (Å²) < 4.78 is 18.6. The molecule has 2 atom stereocenters. The van der Waals surface area contributed by atoms with Gasteiger partial charge in [-0.1, -0.05) is 24.3 Å². The molecule has 2 aromatic carbocycles. The number of carbonyl (C=O) groups is 1. The Bertz CT molecular complexity index is 1170. The van der Waals surface area contributed by atoms with Gasteiger partial charge in [0.05, 0.1) is 0 Å². The van der Waals surface area contributed by atoms with Crippen LogP contribution in [0, 0.1) is 6.92 Å². The maximum absolute atomic E-state index is 13.5. The van der Waals surface area contributed by atoms with E-state index < -0.39 is 11.9 Å². The summed E-state index contributed by atoms with van der Waals surface area (Å²) in [7, 11) is 1.59.